The largest absolute Gasteiger partial charge is 0.476 e. The van der Waals surface area contributed by atoms with Crippen LogP contribution in [0.25, 0.3) is 16.9 Å². The first-order chi connectivity index (χ1) is 10.2. The highest BCUT2D eigenvalue weighted by Gasteiger charge is 2.21. The Morgan fingerprint density at radius 3 is 2.57 bits per heavy atom. The monoisotopic (exact) mass is 300 g/mol. The Morgan fingerprint density at radius 2 is 1.95 bits per heavy atom. The molecule has 0 saturated heterocycles. The molecular weight excluding hydrogens is 292 g/mol. The van der Waals surface area contributed by atoms with Gasteiger partial charge >= 0.3 is 5.97 Å². The first-order valence-electron chi connectivity index (χ1n) is 6.02. The van der Waals surface area contributed by atoms with Crippen molar-refractivity contribution in [2.24, 2.45) is 0 Å². The van der Waals surface area contributed by atoms with Gasteiger partial charge in [0, 0.05) is 23.0 Å². The van der Waals surface area contributed by atoms with Gasteiger partial charge < -0.3 is 5.11 Å². The Morgan fingerprint density at radius 1 is 1.19 bits per heavy atom. The molecule has 1 N–H and O–H groups in total. The van der Waals surface area contributed by atoms with Crippen molar-refractivity contribution in [1.82, 2.24) is 20.0 Å². The van der Waals surface area contributed by atoms with Crippen LogP contribution in [0.1, 0.15) is 10.5 Å². The maximum absolute atomic E-state index is 11.3. The van der Waals surface area contributed by atoms with Crippen molar-refractivity contribution in [3.63, 3.8) is 0 Å². The van der Waals surface area contributed by atoms with E-state index in [0.717, 1.165) is 0 Å². The van der Waals surface area contributed by atoms with E-state index < -0.39 is 5.97 Å². The molecule has 0 aliphatic rings. The summed E-state index contributed by atoms with van der Waals surface area (Å²) in [6.45, 7) is 0. The number of carbonyl (C=O) groups is 1. The quantitative estimate of drug-likeness (QED) is 0.804. The van der Waals surface area contributed by atoms with Crippen LogP contribution in [-0.4, -0.2) is 31.1 Å². The highest BCUT2D eigenvalue weighted by molar-refractivity contribution is 6.30. The number of pyridine rings is 1. The van der Waals surface area contributed by atoms with E-state index in [0.29, 0.717) is 22.0 Å². The van der Waals surface area contributed by atoms with Crippen LogP contribution in [0.2, 0.25) is 5.02 Å². The molecule has 0 aliphatic heterocycles. The summed E-state index contributed by atoms with van der Waals surface area (Å²) in [5, 5.41) is 17.5. The van der Waals surface area contributed by atoms with E-state index >= 15 is 0 Å². The van der Waals surface area contributed by atoms with Crippen LogP contribution in [0.5, 0.6) is 0 Å². The predicted molar refractivity (Wildman–Crippen MR) is 76.6 cm³/mol. The normalized spacial score (nSPS) is 10.5. The van der Waals surface area contributed by atoms with E-state index in [1.54, 1.807) is 48.8 Å². The van der Waals surface area contributed by atoms with Gasteiger partial charge in [0.15, 0.2) is 5.69 Å². The summed E-state index contributed by atoms with van der Waals surface area (Å²) in [5.74, 6) is -1.14. The van der Waals surface area contributed by atoms with Crippen molar-refractivity contribution in [2.45, 2.75) is 0 Å². The summed E-state index contributed by atoms with van der Waals surface area (Å²) in [6.07, 6.45) is 3.18. The number of hydrogen-bond acceptors (Lipinski definition) is 4. The second-order valence-corrected chi connectivity index (χ2v) is 4.66. The molecule has 2 heterocycles. The molecule has 104 valence electrons. The number of carboxylic acid groups (broad SMARTS) is 1. The van der Waals surface area contributed by atoms with Crippen LogP contribution in [0.4, 0.5) is 0 Å². The average molecular weight is 301 g/mol. The molecule has 1 aromatic carbocycles. The lowest BCUT2D eigenvalue weighted by Gasteiger charge is -2.07. The summed E-state index contributed by atoms with van der Waals surface area (Å²) >= 11 is 5.86. The molecule has 2 aromatic heterocycles. The molecule has 0 radical (unpaired) electrons. The third-order valence-corrected chi connectivity index (χ3v) is 3.13. The number of carboxylic acids is 1. The lowest BCUT2D eigenvalue weighted by atomic mass is 10.1. The standard InChI is InChI=1S/C14H9ClN4O2/c15-10-3-5-11(6-4-10)19-13(9-2-1-7-16-8-9)12(14(20)21)17-18-19/h1-8H,(H,20,21). The summed E-state index contributed by atoms with van der Waals surface area (Å²) < 4.78 is 1.46. The molecule has 7 heteroatoms. The third-order valence-electron chi connectivity index (χ3n) is 2.88. The van der Waals surface area contributed by atoms with E-state index in [9.17, 15) is 9.90 Å². The maximum atomic E-state index is 11.3. The molecule has 6 nitrogen and oxygen atoms in total. The summed E-state index contributed by atoms with van der Waals surface area (Å²) in [4.78, 5) is 15.3. The minimum absolute atomic E-state index is 0.127. The van der Waals surface area contributed by atoms with Gasteiger partial charge in [-0.2, -0.15) is 0 Å². The zero-order chi connectivity index (χ0) is 14.8. The van der Waals surface area contributed by atoms with Gasteiger partial charge in [0.2, 0.25) is 0 Å². The lowest BCUT2D eigenvalue weighted by Crippen LogP contribution is -2.03. The maximum Gasteiger partial charge on any atom is 0.358 e. The zero-order valence-corrected chi connectivity index (χ0v) is 11.4. The highest BCUT2D eigenvalue weighted by Crippen LogP contribution is 2.25. The van der Waals surface area contributed by atoms with Crippen molar-refractivity contribution in [1.29, 1.82) is 0 Å². The number of aromatic carboxylic acids is 1. The Balaban J connectivity index is 2.22. The van der Waals surface area contributed by atoms with Gasteiger partial charge in [0.1, 0.15) is 5.69 Å². The van der Waals surface area contributed by atoms with Gasteiger partial charge in [-0.25, -0.2) is 9.48 Å². The highest BCUT2D eigenvalue weighted by atomic mass is 35.5. The van der Waals surface area contributed by atoms with Crippen molar-refractivity contribution in [3.8, 4) is 16.9 Å². The van der Waals surface area contributed by atoms with Crippen molar-refractivity contribution in [2.75, 3.05) is 0 Å². The molecule has 0 atom stereocenters. The second kappa shape index (κ2) is 5.34. The van der Waals surface area contributed by atoms with Crippen LogP contribution in [0.3, 0.4) is 0 Å². The lowest BCUT2D eigenvalue weighted by molar-refractivity contribution is 0.0691. The van der Waals surface area contributed by atoms with Gasteiger partial charge in [-0.15, -0.1) is 5.10 Å². The zero-order valence-electron chi connectivity index (χ0n) is 10.6. The minimum Gasteiger partial charge on any atom is -0.476 e. The smallest absolute Gasteiger partial charge is 0.358 e. The first kappa shape index (κ1) is 13.3. The van der Waals surface area contributed by atoms with Crippen LogP contribution < -0.4 is 0 Å². The summed E-state index contributed by atoms with van der Waals surface area (Å²) in [6, 6.07) is 10.4. The first-order valence-corrected chi connectivity index (χ1v) is 6.40. The van der Waals surface area contributed by atoms with E-state index in [4.69, 9.17) is 11.6 Å². The van der Waals surface area contributed by atoms with Crippen molar-refractivity contribution in [3.05, 3.63) is 59.5 Å². The van der Waals surface area contributed by atoms with Crippen molar-refractivity contribution < 1.29 is 9.90 Å². The number of hydrogen-bond donors (Lipinski definition) is 1. The second-order valence-electron chi connectivity index (χ2n) is 4.22. The average Bonchev–Trinajstić information content (AvgIpc) is 2.94. The van der Waals surface area contributed by atoms with E-state index in [1.165, 1.54) is 4.68 Å². The van der Waals surface area contributed by atoms with Gasteiger partial charge in [-0.3, -0.25) is 4.98 Å². The topological polar surface area (TPSA) is 80.9 Å². The number of aromatic nitrogens is 4. The molecule has 0 fully saturated rings. The molecule has 3 aromatic rings. The molecule has 0 bridgehead atoms. The van der Waals surface area contributed by atoms with Gasteiger partial charge in [-0.05, 0) is 36.4 Å². The molecular formula is C14H9ClN4O2. The van der Waals surface area contributed by atoms with Crippen molar-refractivity contribution >= 4 is 17.6 Å². The molecule has 0 saturated carbocycles. The fourth-order valence-electron chi connectivity index (χ4n) is 1.95. The minimum atomic E-state index is -1.14. The third kappa shape index (κ3) is 2.48. The van der Waals surface area contributed by atoms with Crippen LogP contribution in [0.15, 0.2) is 48.8 Å². The van der Waals surface area contributed by atoms with Crippen LogP contribution >= 0.6 is 11.6 Å². The molecule has 21 heavy (non-hydrogen) atoms. The molecule has 0 aliphatic carbocycles. The molecule has 0 amide bonds. The number of nitrogens with zero attached hydrogens (tertiary/aromatic N) is 4. The molecule has 0 spiro atoms. The Kier molecular flexibility index (Phi) is 3.37. The van der Waals surface area contributed by atoms with Gasteiger partial charge in [0.05, 0.1) is 5.69 Å². The van der Waals surface area contributed by atoms with E-state index in [1.807, 2.05) is 0 Å². The van der Waals surface area contributed by atoms with Gasteiger partial charge in [-0.1, -0.05) is 16.8 Å². The number of halogens is 1. The molecule has 0 unspecified atom stereocenters. The van der Waals surface area contributed by atoms with E-state index in [-0.39, 0.29) is 5.69 Å². The van der Waals surface area contributed by atoms with Gasteiger partial charge in [0.25, 0.3) is 0 Å². The van der Waals surface area contributed by atoms with Crippen LogP contribution in [-0.2, 0) is 0 Å². The summed E-state index contributed by atoms with van der Waals surface area (Å²) in [7, 11) is 0. The Hall–Kier alpha value is -2.73. The Labute approximate surface area is 124 Å². The number of rotatable bonds is 3. The predicted octanol–water partition coefficient (Wildman–Crippen LogP) is 2.68. The molecule has 3 rings (SSSR count). The number of benzene rings is 1. The SMILES string of the molecule is O=C(O)c1nnn(-c2ccc(Cl)cc2)c1-c1cccnc1. The fraction of sp³-hybridized carbons (Fsp3) is 0. The Bertz CT molecular complexity index is 784. The summed E-state index contributed by atoms with van der Waals surface area (Å²) in [5.41, 5.74) is 1.53. The van der Waals surface area contributed by atoms with Crippen LogP contribution in [0, 0.1) is 0 Å². The van der Waals surface area contributed by atoms with E-state index in [2.05, 4.69) is 15.3 Å². The fourth-order valence-corrected chi connectivity index (χ4v) is 2.08.